The molecule has 0 bridgehead atoms. The monoisotopic (exact) mass is 437 g/mol. The molecular weight excluding hydrogens is 413 g/mol. The number of aryl methyl sites for hydroxylation is 1. The van der Waals surface area contributed by atoms with E-state index >= 15 is 0 Å². The molecular formula is C24H24FN3O4. The van der Waals surface area contributed by atoms with Crippen LogP contribution in [0.15, 0.2) is 48.5 Å². The second-order valence-corrected chi connectivity index (χ2v) is 7.17. The molecule has 3 N–H and O–H groups in total. The van der Waals surface area contributed by atoms with Gasteiger partial charge in [-0.05, 0) is 54.8 Å². The molecule has 0 aliphatic rings. The lowest BCUT2D eigenvalue weighted by molar-refractivity contribution is 0.0598. The molecule has 7 nitrogen and oxygen atoms in total. The zero-order valence-corrected chi connectivity index (χ0v) is 18.0. The van der Waals surface area contributed by atoms with Crippen molar-refractivity contribution in [1.82, 2.24) is 10.3 Å². The molecule has 0 atom stereocenters. The summed E-state index contributed by atoms with van der Waals surface area (Å²) in [7, 11) is 1.30. The number of hydrogen-bond donors (Lipinski definition) is 3. The number of halogens is 1. The molecule has 0 fully saturated rings. The zero-order chi connectivity index (χ0) is 23.3. The van der Waals surface area contributed by atoms with E-state index in [1.165, 1.54) is 25.3 Å². The summed E-state index contributed by atoms with van der Waals surface area (Å²) >= 11 is 0. The number of aromatic amines is 1. The van der Waals surface area contributed by atoms with Crippen molar-refractivity contribution >= 4 is 23.5 Å². The standard InChI is InChI=1S/C24H24FN3O4/c1-4-19-20(24(31)32-3)14(2)21(28-19)23(30)26-13-15-7-5-10-18(11-15)27-22(29)16-8-6-9-17(25)12-16/h5-12,28H,4,13H2,1-3H3,(H,26,30)(H,27,29). The summed E-state index contributed by atoms with van der Waals surface area (Å²) in [6.07, 6.45) is 0.547. The number of H-pyrrole nitrogens is 1. The fourth-order valence-electron chi connectivity index (χ4n) is 3.39. The van der Waals surface area contributed by atoms with Gasteiger partial charge in [-0.15, -0.1) is 0 Å². The number of carbonyl (C=O) groups is 3. The number of rotatable bonds is 7. The third-order valence-corrected chi connectivity index (χ3v) is 5.02. The Labute approximate surface area is 185 Å². The van der Waals surface area contributed by atoms with Crippen molar-refractivity contribution in [3.8, 4) is 0 Å². The van der Waals surface area contributed by atoms with Crippen molar-refractivity contribution in [2.75, 3.05) is 12.4 Å². The lowest BCUT2D eigenvalue weighted by Gasteiger charge is -2.09. The van der Waals surface area contributed by atoms with Crippen molar-refractivity contribution in [3.63, 3.8) is 0 Å². The third kappa shape index (κ3) is 5.03. The molecule has 0 aliphatic carbocycles. The van der Waals surface area contributed by atoms with Gasteiger partial charge in [0.05, 0.1) is 12.7 Å². The summed E-state index contributed by atoms with van der Waals surface area (Å²) in [5.74, 6) is -1.77. The van der Waals surface area contributed by atoms with E-state index in [0.717, 1.165) is 11.6 Å². The SMILES string of the molecule is CCc1[nH]c(C(=O)NCc2cccc(NC(=O)c3cccc(F)c3)c2)c(C)c1C(=O)OC. The summed E-state index contributed by atoms with van der Waals surface area (Å²) in [5.41, 5.74) is 3.33. The van der Waals surface area contributed by atoms with Crippen LogP contribution in [-0.2, 0) is 17.7 Å². The van der Waals surface area contributed by atoms with Crippen LogP contribution >= 0.6 is 0 Å². The molecule has 166 valence electrons. The molecule has 8 heteroatoms. The van der Waals surface area contributed by atoms with Crippen LogP contribution < -0.4 is 10.6 Å². The quantitative estimate of drug-likeness (QED) is 0.487. The van der Waals surface area contributed by atoms with Crippen LogP contribution in [0.2, 0.25) is 0 Å². The van der Waals surface area contributed by atoms with Gasteiger partial charge in [-0.3, -0.25) is 9.59 Å². The Bertz CT molecular complexity index is 1170. The largest absolute Gasteiger partial charge is 0.465 e. The maximum atomic E-state index is 13.3. The molecule has 3 aromatic rings. The van der Waals surface area contributed by atoms with Gasteiger partial charge in [0.2, 0.25) is 0 Å². The van der Waals surface area contributed by atoms with Crippen molar-refractivity contribution in [3.05, 3.63) is 88.0 Å². The fraction of sp³-hybridized carbons (Fsp3) is 0.208. The number of amides is 2. The molecule has 1 heterocycles. The van der Waals surface area contributed by atoms with Gasteiger partial charge >= 0.3 is 5.97 Å². The van der Waals surface area contributed by atoms with Crippen molar-refractivity contribution in [2.45, 2.75) is 26.8 Å². The lowest BCUT2D eigenvalue weighted by Crippen LogP contribution is -2.24. The van der Waals surface area contributed by atoms with Crippen LogP contribution in [0, 0.1) is 12.7 Å². The summed E-state index contributed by atoms with van der Waals surface area (Å²) in [5, 5.41) is 5.53. The van der Waals surface area contributed by atoms with Crippen LogP contribution in [0.5, 0.6) is 0 Å². The van der Waals surface area contributed by atoms with Crippen LogP contribution in [0.25, 0.3) is 0 Å². The predicted octanol–water partition coefficient (Wildman–Crippen LogP) is 3.99. The molecule has 0 radical (unpaired) electrons. The maximum Gasteiger partial charge on any atom is 0.339 e. The number of benzene rings is 2. The summed E-state index contributed by atoms with van der Waals surface area (Å²) in [4.78, 5) is 40.1. The predicted molar refractivity (Wildman–Crippen MR) is 118 cm³/mol. The highest BCUT2D eigenvalue weighted by atomic mass is 19.1. The number of hydrogen-bond acceptors (Lipinski definition) is 4. The number of esters is 1. The summed E-state index contributed by atoms with van der Waals surface area (Å²) in [6, 6.07) is 12.4. The van der Waals surface area contributed by atoms with Crippen LogP contribution in [-0.4, -0.2) is 29.9 Å². The Morgan fingerprint density at radius 1 is 1.06 bits per heavy atom. The minimum atomic E-state index is -0.490. The third-order valence-electron chi connectivity index (χ3n) is 5.02. The van der Waals surface area contributed by atoms with Gasteiger partial charge in [0.15, 0.2) is 0 Å². The van der Waals surface area contributed by atoms with Crippen LogP contribution in [0.1, 0.15) is 54.9 Å². The minimum absolute atomic E-state index is 0.204. The first-order valence-corrected chi connectivity index (χ1v) is 10.1. The van der Waals surface area contributed by atoms with E-state index in [1.807, 2.05) is 6.92 Å². The number of carbonyl (C=O) groups excluding carboxylic acids is 3. The second kappa shape index (κ2) is 9.91. The molecule has 0 saturated carbocycles. The zero-order valence-electron chi connectivity index (χ0n) is 18.0. The number of ether oxygens (including phenoxy) is 1. The van der Waals surface area contributed by atoms with Gasteiger partial charge in [-0.2, -0.15) is 0 Å². The topological polar surface area (TPSA) is 100 Å². The first-order valence-electron chi connectivity index (χ1n) is 10.1. The molecule has 2 amide bonds. The first kappa shape index (κ1) is 22.7. The van der Waals surface area contributed by atoms with Gasteiger partial charge in [-0.1, -0.05) is 25.1 Å². The molecule has 32 heavy (non-hydrogen) atoms. The average Bonchev–Trinajstić information content (AvgIpc) is 3.13. The van der Waals surface area contributed by atoms with E-state index in [-0.39, 0.29) is 18.0 Å². The molecule has 2 aromatic carbocycles. The molecule has 0 unspecified atom stereocenters. The second-order valence-electron chi connectivity index (χ2n) is 7.17. The van der Waals surface area contributed by atoms with Crippen molar-refractivity contribution in [2.24, 2.45) is 0 Å². The van der Waals surface area contributed by atoms with E-state index in [4.69, 9.17) is 4.74 Å². The smallest absolute Gasteiger partial charge is 0.339 e. The van der Waals surface area contributed by atoms with Crippen molar-refractivity contribution < 1.29 is 23.5 Å². The van der Waals surface area contributed by atoms with Gasteiger partial charge in [0.25, 0.3) is 11.8 Å². The Morgan fingerprint density at radius 3 is 2.50 bits per heavy atom. The molecule has 0 aliphatic heterocycles. The Balaban J connectivity index is 1.69. The lowest BCUT2D eigenvalue weighted by atomic mass is 10.1. The number of nitrogens with one attached hydrogen (secondary N) is 3. The first-order chi connectivity index (χ1) is 15.3. The number of aromatic nitrogens is 1. The Hall–Kier alpha value is -3.94. The number of methoxy groups -OCH3 is 1. The Kier molecular flexibility index (Phi) is 7.04. The van der Waals surface area contributed by atoms with Gasteiger partial charge in [0.1, 0.15) is 11.5 Å². The van der Waals surface area contributed by atoms with Crippen molar-refractivity contribution in [1.29, 1.82) is 0 Å². The van der Waals surface area contributed by atoms with Gasteiger partial charge < -0.3 is 20.4 Å². The number of anilines is 1. The van der Waals surface area contributed by atoms with Gasteiger partial charge in [0, 0.05) is 23.5 Å². The summed E-state index contributed by atoms with van der Waals surface area (Å²) < 4.78 is 18.2. The minimum Gasteiger partial charge on any atom is -0.465 e. The molecule has 0 spiro atoms. The van der Waals surface area contributed by atoms with E-state index < -0.39 is 17.7 Å². The molecule has 0 saturated heterocycles. The van der Waals surface area contributed by atoms with E-state index in [2.05, 4.69) is 15.6 Å². The highest BCUT2D eigenvalue weighted by Crippen LogP contribution is 2.20. The van der Waals surface area contributed by atoms with Crippen LogP contribution in [0.3, 0.4) is 0 Å². The van der Waals surface area contributed by atoms with E-state index in [1.54, 1.807) is 31.2 Å². The van der Waals surface area contributed by atoms with E-state index in [9.17, 15) is 18.8 Å². The van der Waals surface area contributed by atoms with Gasteiger partial charge in [-0.25, -0.2) is 9.18 Å². The fourth-order valence-corrected chi connectivity index (χ4v) is 3.39. The maximum absolute atomic E-state index is 13.3. The molecule has 1 aromatic heterocycles. The van der Waals surface area contributed by atoms with E-state index in [0.29, 0.717) is 34.6 Å². The highest BCUT2D eigenvalue weighted by Gasteiger charge is 2.23. The van der Waals surface area contributed by atoms with Crippen LogP contribution in [0.4, 0.5) is 10.1 Å². The highest BCUT2D eigenvalue weighted by molar-refractivity contribution is 6.04. The Morgan fingerprint density at radius 2 is 1.81 bits per heavy atom. The summed E-state index contributed by atoms with van der Waals surface area (Å²) in [6.45, 7) is 3.78. The molecule has 3 rings (SSSR count). The normalized spacial score (nSPS) is 10.5. The average molecular weight is 437 g/mol.